The molecule has 4 nitrogen and oxygen atoms in total. The van der Waals surface area contributed by atoms with Gasteiger partial charge in [-0.05, 0) is 38.0 Å². The molecule has 17 heavy (non-hydrogen) atoms. The number of amides is 1. The topological polar surface area (TPSA) is 58.6 Å². The first-order valence-electron chi connectivity index (χ1n) is 5.64. The molecule has 0 saturated carbocycles. The number of nitrogens with one attached hydrogen (secondary N) is 1. The number of ether oxygens (including phenoxy) is 1. The van der Waals surface area contributed by atoms with Crippen molar-refractivity contribution >= 4 is 5.91 Å². The zero-order chi connectivity index (χ0) is 12.8. The first-order valence-corrected chi connectivity index (χ1v) is 5.64. The van der Waals surface area contributed by atoms with Gasteiger partial charge in [0.05, 0.1) is 6.10 Å². The predicted molar refractivity (Wildman–Crippen MR) is 66.1 cm³/mol. The number of aliphatic hydroxyl groups excluding tert-OH is 1. The normalized spacial score (nSPS) is 12.0. The summed E-state index contributed by atoms with van der Waals surface area (Å²) >= 11 is 0. The van der Waals surface area contributed by atoms with Crippen molar-refractivity contribution in [2.75, 3.05) is 13.2 Å². The van der Waals surface area contributed by atoms with Crippen LogP contribution in [0.5, 0.6) is 5.75 Å². The number of rotatable bonds is 5. The van der Waals surface area contributed by atoms with Gasteiger partial charge in [0.1, 0.15) is 5.75 Å². The number of aryl methyl sites for hydroxylation is 2. The number of aliphatic hydroxyl groups is 1. The van der Waals surface area contributed by atoms with Crippen molar-refractivity contribution in [2.45, 2.75) is 26.9 Å². The zero-order valence-electron chi connectivity index (χ0n) is 10.5. The van der Waals surface area contributed by atoms with Crippen LogP contribution in [0.2, 0.25) is 0 Å². The highest BCUT2D eigenvalue weighted by molar-refractivity contribution is 5.77. The van der Waals surface area contributed by atoms with Gasteiger partial charge >= 0.3 is 0 Å². The average Bonchev–Trinajstić information content (AvgIpc) is 2.27. The fraction of sp³-hybridized carbons (Fsp3) is 0.462. The van der Waals surface area contributed by atoms with Crippen molar-refractivity contribution in [1.29, 1.82) is 0 Å². The number of benzene rings is 1. The van der Waals surface area contributed by atoms with E-state index in [0.29, 0.717) is 0 Å². The molecule has 0 spiro atoms. The second-order valence-corrected chi connectivity index (χ2v) is 4.21. The summed E-state index contributed by atoms with van der Waals surface area (Å²) in [5.41, 5.74) is 2.09. The van der Waals surface area contributed by atoms with E-state index < -0.39 is 6.10 Å². The van der Waals surface area contributed by atoms with E-state index in [4.69, 9.17) is 9.84 Å². The summed E-state index contributed by atoms with van der Waals surface area (Å²) in [5.74, 6) is 0.490. The maximum absolute atomic E-state index is 11.4. The zero-order valence-corrected chi connectivity index (χ0v) is 10.5. The fourth-order valence-electron chi connectivity index (χ4n) is 1.32. The van der Waals surface area contributed by atoms with Crippen LogP contribution in [0, 0.1) is 13.8 Å². The van der Waals surface area contributed by atoms with E-state index in [0.717, 1.165) is 16.9 Å². The lowest BCUT2D eigenvalue weighted by molar-refractivity contribution is -0.123. The highest BCUT2D eigenvalue weighted by Gasteiger charge is 2.05. The molecule has 0 aromatic heterocycles. The Hall–Kier alpha value is -1.55. The Morgan fingerprint density at radius 1 is 1.47 bits per heavy atom. The van der Waals surface area contributed by atoms with Crippen LogP contribution in [0.4, 0.5) is 0 Å². The Bertz CT molecular complexity index is 388. The third-order valence-corrected chi connectivity index (χ3v) is 2.30. The Labute approximate surface area is 102 Å². The number of carbonyl (C=O) groups excluding carboxylic acids is 1. The van der Waals surface area contributed by atoms with Gasteiger partial charge in [-0.2, -0.15) is 0 Å². The maximum atomic E-state index is 11.4. The first kappa shape index (κ1) is 13.5. The molecule has 1 atom stereocenters. The molecular weight excluding hydrogens is 218 g/mol. The highest BCUT2D eigenvalue weighted by Crippen LogP contribution is 2.18. The maximum Gasteiger partial charge on any atom is 0.258 e. The number of carbonyl (C=O) groups is 1. The van der Waals surface area contributed by atoms with Gasteiger partial charge in [0, 0.05) is 6.54 Å². The van der Waals surface area contributed by atoms with Gasteiger partial charge in [0.25, 0.3) is 5.91 Å². The van der Waals surface area contributed by atoms with Gasteiger partial charge in [-0.15, -0.1) is 0 Å². The minimum Gasteiger partial charge on any atom is -0.483 e. The summed E-state index contributed by atoms with van der Waals surface area (Å²) in [7, 11) is 0. The van der Waals surface area contributed by atoms with E-state index in [1.54, 1.807) is 6.92 Å². The first-order chi connectivity index (χ1) is 7.99. The van der Waals surface area contributed by atoms with Crippen LogP contribution in [0.25, 0.3) is 0 Å². The van der Waals surface area contributed by atoms with Crippen molar-refractivity contribution < 1.29 is 14.6 Å². The SMILES string of the molecule is Cc1ccc(C)c(OCC(=O)NC[C@H](C)O)c1. The number of hydrogen-bond acceptors (Lipinski definition) is 3. The lowest BCUT2D eigenvalue weighted by atomic mass is 10.1. The summed E-state index contributed by atoms with van der Waals surface area (Å²) in [5, 5.41) is 11.6. The van der Waals surface area contributed by atoms with E-state index >= 15 is 0 Å². The van der Waals surface area contributed by atoms with Crippen LogP contribution >= 0.6 is 0 Å². The lowest BCUT2D eigenvalue weighted by Crippen LogP contribution is -2.34. The van der Waals surface area contributed by atoms with Crippen LogP contribution in [-0.2, 0) is 4.79 Å². The molecule has 0 saturated heterocycles. The van der Waals surface area contributed by atoms with Gasteiger partial charge < -0.3 is 15.2 Å². The molecule has 0 aliphatic rings. The summed E-state index contributed by atoms with van der Waals surface area (Å²) in [6, 6.07) is 5.85. The second-order valence-electron chi connectivity index (χ2n) is 4.21. The molecule has 94 valence electrons. The molecule has 4 heteroatoms. The second kappa shape index (κ2) is 6.25. The molecule has 0 bridgehead atoms. The molecule has 0 unspecified atom stereocenters. The molecule has 1 aromatic rings. The van der Waals surface area contributed by atoms with Crippen LogP contribution in [0.3, 0.4) is 0 Å². The van der Waals surface area contributed by atoms with Gasteiger partial charge in [0.2, 0.25) is 0 Å². The molecule has 0 heterocycles. The predicted octanol–water partition coefficient (Wildman–Crippen LogP) is 1.18. The quantitative estimate of drug-likeness (QED) is 0.808. The van der Waals surface area contributed by atoms with E-state index in [1.165, 1.54) is 0 Å². The molecule has 0 aliphatic heterocycles. The Morgan fingerprint density at radius 3 is 2.82 bits per heavy atom. The van der Waals surface area contributed by atoms with Crippen molar-refractivity contribution in [3.8, 4) is 5.75 Å². The molecule has 2 N–H and O–H groups in total. The summed E-state index contributed by atoms with van der Waals surface area (Å²) < 4.78 is 5.42. The highest BCUT2D eigenvalue weighted by atomic mass is 16.5. The van der Waals surface area contributed by atoms with Crippen LogP contribution in [0.1, 0.15) is 18.1 Å². The van der Waals surface area contributed by atoms with Gasteiger partial charge in [-0.3, -0.25) is 4.79 Å². The van der Waals surface area contributed by atoms with Gasteiger partial charge in [0.15, 0.2) is 6.61 Å². The Morgan fingerprint density at radius 2 is 2.18 bits per heavy atom. The summed E-state index contributed by atoms with van der Waals surface area (Å²) in [6.07, 6.45) is -0.542. The van der Waals surface area contributed by atoms with Gasteiger partial charge in [-0.1, -0.05) is 12.1 Å². The number of hydrogen-bond donors (Lipinski definition) is 2. The molecule has 1 amide bonds. The summed E-state index contributed by atoms with van der Waals surface area (Å²) in [4.78, 5) is 11.4. The fourth-order valence-corrected chi connectivity index (χ4v) is 1.32. The largest absolute Gasteiger partial charge is 0.483 e. The Balaban J connectivity index is 2.44. The molecule has 0 radical (unpaired) electrons. The molecule has 0 aliphatic carbocycles. The van der Waals surface area contributed by atoms with Crippen LogP contribution in [-0.4, -0.2) is 30.3 Å². The van der Waals surface area contributed by atoms with Crippen molar-refractivity contribution in [3.05, 3.63) is 29.3 Å². The van der Waals surface area contributed by atoms with E-state index in [2.05, 4.69) is 5.32 Å². The molecule has 1 rings (SSSR count). The minimum absolute atomic E-state index is 0.0307. The lowest BCUT2D eigenvalue weighted by Gasteiger charge is -2.11. The van der Waals surface area contributed by atoms with E-state index in [1.807, 2.05) is 32.0 Å². The van der Waals surface area contributed by atoms with Gasteiger partial charge in [-0.25, -0.2) is 0 Å². The van der Waals surface area contributed by atoms with Crippen molar-refractivity contribution in [3.63, 3.8) is 0 Å². The molecule has 0 fully saturated rings. The van der Waals surface area contributed by atoms with Crippen LogP contribution in [0.15, 0.2) is 18.2 Å². The molecular formula is C13H19NO3. The standard InChI is InChI=1S/C13H19NO3/c1-9-4-5-10(2)12(6-9)17-8-13(16)14-7-11(3)15/h4-6,11,15H,7-8H2,1-3H3,(H,14,16)/t11-/m0/s1. The third kappa shape index (κ3) is 4.87. The van der Waals surface area contributed by atoms with Crippen LogP contribution < -0.4 is 10.1 Å². The minimum atomic E-state index is -0.542. The summed E-state index contributed by atoms with van der Waals surface area (Å²) in [6.45, 7) is 5.74. The monoisotopic (exact) mass is 237 g/mol. The Kier molecular flexibility index (Phi) is 4.97. The third-order valence-electron chi connectivity index (χ3n) is 2.30. The van der Waals surface area contributed by atoms with E-state index in [-0.39, 0.29) is 19.1 Å². The van der Waals surface area contributed by atoms with E-state index in [9.17, 15) is 4.79 Å². The average molecular weight is 237 g/mol. The molecule has 1 aromatic carbocycles. The van der Waals surface area contributed by atoms with Crippen molar-refractivity contribution in [1.82, 2.24) is 5.32 Å². The van der Waals surface area contributed by atoms with Crippen molar-refractivity contribution in [2.24, 2.45) is 0 Å². The smallest absolute Gasteiger partial charge is 0.258 e.